The minimum Gasteiger partial charge on any atom is -0.512 e. The Morgan fingerprint density at radius 2 is 2.25 bits per heavy atom. The van der Waals surface area contributed by atoms with Crippen molar-refractivity contribution in [1.82, 2.24) is 0 Å². The molecule has 0 aliphatic heterocycles. The molecule has 1 rings (SSSR count). The van der Waals surface area contributed by atoms with Crippen LogP contribution in [0.3, 0.4) is 0 Å². The average molecular weight is 166 g/mol. The lowest BCUT2D eigenvalue weighted by Gasteiger charge is -2.17. The number of ketones is 1. The van der Waals surface area contributed by atoms with Gasteiger partial charge in [-0.05, 0) is 24.5 Å². The summed E-state index contributed by atoms with van der Waals surface area (Å²) in [5.41, 5.74) is 0. The van der Waals surface area contributed by atoms with E-state index in [1.165, 1.54) is 6.08 Å². The molecule has 1 aliphatic carbocycles. The Labute approximate surface area is 72.6 Å². The molecular weight excluding hydrogens is 152 g/mol. The molecule has 0 fully saturated rings. The van der Waals surface area contributed by atoms with Crippen LogP contribution in [-0.4, -0.2) is 10.9 Å². The molecule has 0 aromatic rings. The van der Waals surface area contributed by atoms with Crippen molar-refractivity contribution in [3.8, 4) is 0 Å². The summed E-state index contributed by atoms with van der Waals surface area (Å²) in [6.45, 7) is 4.08. The minimum atomic E-state index is -0.296. The lowest BCUT2D eigenvalue weighted by atomic mass is 9.89. The Morgan fingerprint density at radius 1 is 1.58 bits per heavy atom. The molecule has 2 nitrogen and oxygen atoms in total. The first-order valence-corrected chi connectivity index (χ1v) is 4.22. The standard InChI is InChI=1S/C10H14O2/c1-7(2)6-8-9(11)4-3-5-10(8)12/h3-5,7-8,11H,6H2,1-2H3. The van der Waals surface area contributed by atoms with Crippen LogP contribution in [0.25, 0.3) is 0 Å². The Balaban J connectivity index is 2.69. The Kier molecular flexibility index (Phi) is 2.69. The summed E-state index contributed by atoms with van der Waals surface area (Å²) in [4.78, 5) is 11.3. The zero-order chi connectivity index (χ0) is 9.14. The third kappa shape index (κ3) is 1.97. The molecule has 0 radical (unpaired) electrons. The molecule has 1 N–H and O–H groups in total. The van der Waals surface area contributed by atoms with Gasteiger partial charge in [-0.25, -0.2) is 0 Å². The third-order valence-corrected chi connectivity index (χ3v) is 1.94. The summed E-state index contributed by atoms with van der Waals surface area (Å²) in [5, 5.41) is 9.38. The van der Waals surface area contributed by atoms with Crippen LogP contribution in [0.5, 0.6) is 0 Å². The fourth-order valence-corrected chi connectivity index (χ4v) is 1.33. The lowest BCUT2D eigenvalue weighted by molar-refractivity contribution is -0.118. The molecule has 0 bridgehead atoms. The van der Waals surface area contributed by atoms with E-state index in [4.69, 9.17) is 0 Å². The first-order chi connectivity index (χ1) is 5.61. The molecule has 0 aromatic heterocycles. The topological polar surface area (TPSA) is 37.3 Å². The highest BCUT2D eigenvalue weighted by molar-refractivity contribution is 5.94. The number of rotatable bonds is 2. The van der Waals surface area contributed by atoms with Crippen molar-refractivity contribution in [2.75, 3.05) is 0 Å². The monoisotopic (exact) mass is 166 g/mol. The molecule has 0 saturated heterocycles. The van der Waals surface area contributed by atoms with Crippen molar-refractivity contribution in [2.24, 2.45) is 11.8 Å². The molecule has 1 aliphatic rings. The summed E-state index contributed by atoms with van der Waals surface area (Å²) in [7, 11) is 0. The summed E-state index contributed by atoms with van der Waals surface area (Å²) >= 11 is 0. The van der Waals surface area contributed by atoms with Crippen molar-refractivity contribution in [1.29, 1.82) is 0 Å². The van der Waals surface area contributed by atoms with Crippen LogP contribution in [0.4, 0.5) is 0 Å². The van der Waals surface area contributed by atoms with E-state index < -0.39 is 0 Å². The second kappa shape index (κ2) is 3.57. The van der Waals surface area contributed by atoms with Crippen LogP contribution in [0.15, 0.2) is 24.0 Å². The molecule has 0 saturated carbocycles. The number of hydrogen-bond donors (Lipinski definition) is 1. The van der Waals surface area contributed by atoms with Crippen LogP contribution in [0, 0.1) is 11.8 Å². The summed E-state index contributed by atoms with van der Waals surface area (Å²) < 4.78 is 0. The van der Waals surface area contributed by atoms with E-state index in [9.17, 15) is 9.90 Å². The Hall–Kier alpha value is -1.05. The predicted molar refractivity (Wildman–Crippen MR) is 47.8 cm³/mol. The van der Waals surface area contributed by atoms with Crippen molar-refractivity contribution in [3.63, 3.8) is 0 Å². The molecular formula is C10H14O2. The van der Waals surface area contributed by atoms with Gasteiger partial charge in [-0.3, -0.25) is 4.79 Å². The minimum absolute atomic E-state index is 0.0173. The van der Waals surface area contributed by atoms with E-state index in [1.807, 2.05) is 13.8 Å². The highest BCUT2D eigenvalue weighted by atomic mass is 16.3. The van der Waals surface area contributed by atoms with E-state index in [1.54, 1.807) is 12.2 Å². The highest BCUT2D eigenvalue weighted by Gasteiger charge is 2.23. The van der Waals surface area contributed by atoms with Crippen molar-refractivity contribution in [2.45, 2.75) is 20.3 Å². The van der Waals surface area contributed by atoms with E-state index in [-0.39, 0.29) is 17.5 Å². The maximum absolute atomic E-state index is 11.3. The predicted octanol–water partition coefficient (Wildman–Crippen LogP) is 2.23. The van der Waals surface area contributed by atoms with Gasteiger partial charge in [0.1, 0.15) is 5.76 Å². The van der Waals surface area contributed by atoms with E-state index in [0.717, 1.165) is 6.42 Å². The van der Waals surface area contributed by atoms with Crippen molar-refractivity contribution < 1.29 is 9.90 Å². The maximum Gasteiger partial charge on any atom is 0.166 e. The summed E-state index contributed by atoms with van der Waals surface area (Å²) in [6, 6.07) is 0. The van der Waals surface area contributed by atoms with Gasteiger partial charge in [-0.15, -0.1) is 0 Å². The first-order valence-electron chi connectivity index (χ1n) is 4.22. The van der Waals surface area contributed by atoms with Gasteiger partial charge < -0.3 is 5.11 Å². The number of hydrogen-bond acceptors (Lipinski definition) is 2. The molecule has 1 unspecified atom stereocenters. The molecule has 2 heteroatoms. The zero-order valence-electron chi connectivity index (χ0n) is 7.45. The first kappa shape index (κ1) is 9.04. The Bertz CT molecular complexity index is 236. The highest BCUT2D eigenvalue weighted by Crippen LogP contribution is 2.22. The molecule has 12 heavy (non-hydrogen) atoms. The number of aliphatic hydroxyl groups is 1. The molecule has 0 spiro atoms. The number of carbonyl (C=O) groups excluding carboxylic acids is 1. The normalized spacial score (nSPS) is 23.1. The molecule has 0 amide bonds. The van der Waals surface area contributed by atoms with Gasteiger partial charge in [0, 0.05) is 0 Å². The van der Waals surface area contributed by atoms with Crippen LogP contribution in [0.2, 0.25) is 0 Å². The van der Waals surface area contributed by atoms with E-state index in [0.29, 0.717) is 5.92 Å². The maximum atomic E-state index is 11.3. The van der Waals surface area contributed by atoms with E-state index >= 15 is 0 Å². The van der Waals surface area contributed by atoms with Gasteiger partial charge in [0.25, 0.3) is 0 Å². The number of carbonyl (C=O) groups is 1. The molecule has 0 aromatic carbocycles. The largest absolute Gasteiger partial charge is 0.512 e. The van der Waals surface area contributed by atoms with Crippen LogP contribution in [0.1, 0.15) is 20.3 Å². The number of aliphatic hydroxyl groups excluding tert-OH is 1. The smallest absolute Gasteiger partial charge is 0.166 e. The van der Waals surface area contributed by atoms with Crippen LogP contribution < -0.4 is 0 Å². The van der Waals surface area contributed by atoms with Gasteiger partial charge >= 0.3 is 0 Å². The van der Waals surface area contributed by atoms with Gasteiger partial charge in [0.2, 0.25) is 0 Å². The summed E-state index contributed by atoms with van der Waals surface area (Å²) in [6.07, 6.45) is 5.43. The molecule has 0 heterocycles. The van der Waals surface area contributed by atoms with Gasteiger partial charge in [-0.1, -0.05) is 19.9 Å². The summed E-state index contributed by atoms with van der Waals surface area (Å²) in [5.74, 6) is 0.357. The Morgan fingerprint density at radius 3 is 2.75 bits per heavy atom. The molecule has 1 atom stereocenters. The fraction of sp³-hybridized carbons (Fsp3) is 0.500. The quantitative estimate of drug-likeness (QED) is 0.683. The second-order valence-electron chi connectivity index (χ2n) is 3.54. The van der Waals surface area contributed by atoms with Crippen molar-refractivity contribution >= 4 is 5.78 Å². The third-order valence-electron chi connectivity index (χ3n) is 1.94. The van der Waals surface area contributed by atoms with E-state index in [2.05, 4.69) is 0 Å². The van der Waals surface area contributed by atoms with Gasteiger partial charge in [0.05, 0.1) is 5.92 Å². The van der Waals surface area contributed by atoms with Crippen molar-refractivity contribution in [3.05, 3.63) is 24.0 Å². The lowest BCUT2D eigenvalue weighted by Crippen LogP contribution is -2.19. The van der Waals surface area contributed by atoms with Gasteiger partial charge in [0.15, 0.2) is 5.78 Å². The average Bonchev–Trinajstić information content (AvgIpc) is 1.97. The van der Waals surface area contributed by atoms with Crippen LogP contribution in [-0.2, 0) is 4.79 Å². The SMILES string of the molecule is CC(C)CC1C(=O)C=CC=C1O. The zero-order valence-corrected chi connectivity index (χ0v) is 7.45. The van der Waals surface area contributed by atoms with Gasteiger partial charge in [-0.2, -0.15) is 0 Å². The fourth-order valence-electron chi connectivity index (χ4n) is 1.33. The van der Waals surface area contributed by atoms with Crippen LogP contribution >= 0.6 is 0 Å². The second-order valence-corrected chi connectivity index (χ2v) is 3.54. The number of allylic oxidation sites excluding steroid dienone is 4. The molecule has 66 valence electrons.